The largest absolute Gasteiger partial charge is 0.300 e. The molecular formula is C12H19N3S2. The summed E-state index contributed by atoms with van der Waals surface area (Å²) in [7, 11) is 0. The maximum absolute atomic E-state index is 9.20. The van der Waals surface area contributed by atoms with E-state index in [2.05, 4.69) is 28.7 Å². The number of nitriles is 1. The lowest BCUT2D eigenvalue weighted by molar-refractivity contribution is 0.429. The highest BCUT2D eigenvalue weighted by atomic mass is 32.2. The maximum atomic E-state index is 9.20. The van der Waals surface area contributed by atoms with Gasteiger partial charge in [-0.2, -0.15) is 5.26 Å². The van der Waals surface area contributed by atoms with Gasteiger partial charge in [-0.25, -0.2) is 4.98 Å². The molecular weight excluding hydrogens is 250 g/mol. The van der Waals surface area contributed by atoms with E-state index in [0.29, 0.717) is 5.25 Å². The summed E-state index contributed by atoms with van der Waals surface area (Å²) < 4.78 is 1.09. The minimum atomic E-state index is -0.437. The van der Waals surface area contributed by atoms with Crippen molar-refractivity contribution in [3.05, 3.63) is 11.1 Å². The summed E-state index contributed by atoms with van der Waals surface area (Å²) in [5, 5.41) is 14.9. The molecule has 94 valence electrons. The van der Waals surface area contributed by atoms with Crippen LogP contribution in [-0.4, -0.2) is 22.3 Å². The second-order valence-electron chi connectivity index (χ2n) is 4.36. The van der Waals surface area contributed by atoms with E-state index in [-0.39, 0.29) is 0 Å². The van der Waals surface area contributed by atoms with Gasteiger partial charge in [0.2, 0.25) is 0 Å². The number of hydrogen-bond donors (Lipinski definition) is 1. The average Bonchev–Trinajstić information content (AvgIpc) is 2.64. The molecule has 17 heavy (non-hydrogen) atoms. The molecule has 2 atom stereocenters. The van der Waals surface area contributed by atoms with Crippen LogP contribution >= 0.6 is 23.1 Å². The van der Waals surface area contributed by atoms with Crippen LogP contribution in [0.15, 0.2) is 9.72 Å². The zero-order chi connectivity index (χ0) is 12.9. The Bertz CT molecular complexity index is 397. The minimum Gasteiger partial charge on any atom is -0.300 e. The third-order valence-electron chi connectivity index (χ3n) is 2.41. The zero-order valence-electron chi connectivity index (χ0n) is 10.8. The van der Waals surface area contributed by atoms with Crippen molar-refractivity contribution in [2.75, 3.05) is 6.54 Å². The molecule has 0 aromatic carbocycles. The van der Waals surface area contributed by atoms with E-state index in [1.165, 1.54) is 0 Å². The van der Waals surface area contributed by atoms with Gasteiger partial charge in [0.1, 0.15) is 9.88 Å². The van der Waals surface area contributed by atoms with Crippen LogP contribution in [0.4, 0.5) is 0 Å². The van der Waals surface area contributed by atoms with E-state index >= 15 is 0 Å². The monoisotopic (exact) mass is 269 g/mol. The van der Waals surface area contributed by atoms with Crippen LogP contribution in [0.1, 0.15) is 32.9 Å². The van der Waals surface area contributed by atoms with Crippen molar-refractivity contribution in [3.63, 3.8) is 0 Å². The first-order valence-electron chi connectivity index (χ1n) is 5.74. The Balaban J connectivity index is 2.54. The number of nitrogens with one attached hydrogen (secondary N) is 1. The standard InChI is InChI=1S/C12H19N3S2/c1-5-14-12(4,8-13)6-10(3)17-11-15-9(2)7-16-11/h7,10,14H,5-6H2,1-4H3. The molecule has 1 aromatic heterocycles. The number of aryl methyl sites for hydroxylation is 1. The van der Waals surface area contributed by atoms with E-state index in [9.17, 15) is 5.26 Å². The fourth-order valence-corrected chi connectivity index (χ4v) is 4.06. The topological polar surface area (TPSA) is 48.7 Å². The van der Waals surface area contributed by atoms with E-state index in [0.717, 1.165) is 23.0 Å². The van der Waals surface area contributed by atoms with Crippen molar-refractivity contribution < 1.29 is 0 Å². The quantitative estimate of drug-likeness (QED) is 0.806. The molecule has 0 aliphatic carbocycles. The third kappa shape index (κ3) is 4.66. The molecule has 0 spiro atoms. The van der Waals surface area contributed by atoms with Crippen molar-refractivity contribution in [1.82, 2.24) is 10.3 Å². The number of thioether (sulfide) groups is 1. The Morgan fingerprint density at radius 1 is 1.71 bits per heavy atom. The van der Waals surface area contributed by atoms with E-state index in [1.54, 1.807) is 23.1 Å². The van der Waals surface area contributed by atoms with Crippen LogP contribution in [0, 0.1) is 18.3 Å². The highest BCUT2D eigenvalue weighted by Crippen LogP contribution is 2.30. The number of rotatable bonds is 6. The Kier molecular flexibility index (Phi) is 5.44. The van der Waals surface area contributed by atoms with E-state index in [1.807, 2.05) is 20.8 Å². The number of nitrogens with zero attached hydrogens (tertiary/aromatic N) is 2. The van der Waals surface area contributed by atoms with Gasteiger partial charge in [0, 0.05) is 16.3 Å². The molecule has 0 amide bonds. The summed E-state index contributed by atoms with van der Waals surface area (Å²) >= 11 is 3.42. The molecule has 0 saturated carbocycles. The summed E-state index contributed by atoms with van der Waals surface area (Å²) in [4.78, 5) is 4.43. The highest BCUT2D eigenvalue weighted by molar-refractivity contribution is 8.01. The molecule has 0 bridgehead atoms. The van der Waals surface area contributed by atoms with Crippen molar-refractivity contribution in [2.45, 2.75) is 49.2 Å². The molecule has 2 unspecified atom stereocenters. The molecule has 1 N–H and O–H groups in total. The Morgan fingerprint density at radius 3 is 2.88 bits per heavy atom. The maximum Gasteiger partial charge on any atom is 0.150 e. The Labute approximate surface area is 112 Å². The zero-order valence-corrected chi connectivity index (χ0v) is 12.4. The van der Waals surface area contributed by atoms with Crippen LogP contribution in [0.25, 0.3) is 0 Å². The summed E-state index contributed by atoms with van der Waals surface area (Å²) in [5.41, 5.74) is 0.632. The van der Waals surface area contributed by atoms with Crippen LogP contribution in [-0.2, 0) is 0 Å². The molecule has 1 heterocycles. The molecule has 0 aliphatic heterocycles. The normalized spacial score (nSPS) is 16.2. The fraction of sp³-hybridized carbons (Fsp3) is 0.667. The lowest BCUT2D eigenvalue weighted by atomic mass is 9.98. The lowest BCUT2D eigenvalue weighted by Crippen LogP contribution is -2.42. The minimum absolute atomic E-state index is 0.379. The van der Waals surface area contributed by atoms with Gasteiger partial charge in [0.15, 0.2) is 0 Å². The SMILES string of the molecule is CCNC(C)(C#N)CC(C)Sc1nc(C)cs1. The molecule has 0 fully saturated rings. The van der Waals surface area contributed by atoms with E-state index < -0.39 is 5.54 Å². The molecule has 3 nitrogen and oxygen atoms in total. The van der Waals surface area contributed by atoms with Gasteiger partial charge in [-0.3, -0.25) is 5.32 Å². The first-order valence-corrected chi connectivity index (χ1v) is 7.50. The van der Waals surface area contributed by atoms with Gasteiger partial charge < -0.3 is 0 Å². The summed E-state index contributed by atoms with van der Waals surface area (Å²) in [6.07, 6.45) is 0.820. The van der Waals surface area contributed by atoms with Gasteiger partial charge in [-0.1, -0.05) is 25.6 Å². The number of aromatic nitrogens is 1. The van der Waals surface area contributed by atoms with Crippen LogP contribution in [0.5, 0.6) is 0 Å². The second-order valence-corrected chi connectivity index (χ2v) is 6.91. The second kappa shape index (κ2) is 6.39. The number of hydrogen-bond acceptors (Lipinski definition) is 5. The molecule has 5 heteroatoms. The summed E-state index contributed by atoms with van der Waals surface area (Å²) in [5.74, 6) is 0. The van der Waals surface area contributed by atoms with Crippen LogP contribution < -0.4 is 5.32 Å². The smallest absolute Gasteiger partial charge is 0.150 e. The number of thiazole rings is 1. The molecule has 1 rings (SSSR count). The Hall–Kier alpha value is -0.570. The van der Waals surface area contributed by atoms with Gasteiger partial charge >= 0.3 is 0 Å². The third-order valence-corrected chi connectivity index (χ3v) is 4.60. The van der Waals surface area contributed by atoms with E-state index in [4.69, 9.17) is 0 Å². The average molecular weight is 269 g/mol. The van der Waals surface area contributed by atoms with Crippen molar-refractivity contribution in [3.8, 4) is 6.07 Å². The van der Waals surface area contributed by atoms with Crippen molar-refractivity contribution in [1.29, 1.82) is 5.26 Å². The molecule has 0 saturated heterocycles. The highest BCUT2D eigenvalue weighted by Gasteiger charge is 2.25. The summed E-state index contributed by atoms with van der Waals surface area (Å²) in [6, 6.07) is 2.36. The van der Waals surface area contributed by atoms with Gasteiger partial charge in [-0.05, 0) is 26.8 Å². The van der Waals surface area contributed by atoms with Crippen molar-refractivity contribution in [2.24, 2.45) is 0 Å². The first kappa shape index (κ1) is 14.5. The van der Waals surface area contributed by atoms with Crippen LogP contribution in [0.3, 0.4) is 0 Å². The fourth-order valence-electron chi connectivity index (χ4n) is 1.72. The predicted molar refractivity (Wildman–Crippen MR) is 74.5 cm³/mol. The first-order chi connectivity index (χ1) is 7.99. The van der Waals surface area contributed by atoms with Crippen molar-refractivity contribution >= 4 is 23.1 Å². The van der Waals surface area contributed by atoms with Gasteiger partial charge in [-0.15, -0.1) is 11.3 Å². The van der Waals surface area contributed by atoms with Gasteiger partial charge in [0.25, 0.3) is 0 Å². The van der Waals surface area contributed by atoms with Crippen LogP contribution in [0.2, 0.25) is 0 Å². The predicted octanol–water partition coefficient (Wildman–Crippen LogP) is 3.21. The molecule has 0 aliphatic rings. The Morgan fingerprint density at radius 2 is 2.41 bits per heavy atom. The molecule has 0 radical (unpaired) electrons. The lowest BCUT2D eigenvalue weighted by Gasteiger charge is -2.25. The molecule has 1 aromatic rings. The van der Waals surface area contributed by atoms with Gasteiger partial charge in [0.05, 0.1) is 6.07 Å². The summed E-state index contributed by atoms with van der Waals surface area (Å²) in [6.45, 7) is 8.95.